The minimum absolute atomic E-state index is 0.124. The molecule has 8 nitrogen and oxygen atoms in total. The van der Waals surface area contributed by atoms with Crippen LogP contribution in [0.4, 0.5) is 5.69 Å². The van der Waals surface area contributed by atoms with Gasteiger partial charge in [-0.05, 0) is 67.8 Å². The number of nitrogens with two attached hydrogens (primary N) is 1. The van der Waals surface area contributed by atoms with Gasteiger partial charge in [-0.15, -0.1) is 0 Å². The van der Waals surface area contributed by atoms with Crippen LogP contribution in [-0.4, -0.2) is 71.5 Å². The molecule has 1 rings (SSSR count). The van der Waals surface area contributed by atoms with E-state index >= 15 is 0 Å². The lowest BCUT2D eigenvalue weighted by atomic mass is 10.1. The van der Waals surface area contributed by atoms with Crippen LogP contribution >= 0.6 is 67.8 Å². The van der Waals surface area contributed by atoms with E-state index in [-0.39, 0.29) is 31.2 Å². The van der Waals surface area contributed by atoms with Gasteiger partial charge in [-0.3, -0.25) is 9.59 Å². The summed E-state index contributed by atoms with van der Waals surface area (Å²) >= 11 is 5.82. The van der Waals surface area contributed by atoms with Crippen LogP contribution < -0.4 is 11.1 Å². The summed E-state index contributed by atoms with van der Waals surface area (Å²) in [4.78, 5) is 26.5. The average molecular weight is 689 g/mol. The molecule has 1 atom stereocenters. The summed E-state index contributed by atoms with van der Waals surface area (Å²) in [5.41, 5.74) is 6.93. The fraction of sp³-hybridized carbons (Fsp3) is 0.429. The molecule has 0 saturated heterocycles. The van der Waals surface area contributed by atoms with Crippen LogP contribution in [0.3, 0.4) is 0 Å². The van der Waals surface area contributed by atoms with Gasteiger partial charge in [0, 0.05) is 23.7 Å². The van der Waals surface area contributed by atoms with E-state index in [9.17, 15) is 14.7 Å². The van der Waals surface area contributed by atoms with Crippen molar-refractivity contribution < 1.29 is 24.9 Å². The maximum Gasteiger partial charge on any atom is 0.255 e. The van der Waals surface area contributed by atoms with E-state index in [0.717, 1.165) is 0 Å². The van der Waals surface area contributed by atoms with Gasteiger partial charge in [0.05, 0.1) is 43.3 Å². The fourth-order valence-corrected chi connectivity index (χ4v) is 5.99. The van der Waals surface area contributed by atoms with Crippen LogP contribution in [0, 0.1) is 10.7 Å². The zero-order chi connectivity index (χ0) is 19.3. The molecule has 0 spiro atoms. The molecule has 0 aliphatic carbocycles. The van der Waals surface area contributed by atoms with Gasteiger partial charge in [-0.25, -0.2) is 0 Å². The number of rotatable bonds is 7. The molecule has 1 aromatic rings. The van der Waals surface area contributed by atoms with Crippen LogP contribution in [0.15, 0.2) is 0 Å². The van der Waals surface area contributed by atoms with Crippen molar-refractivity contribution in [2.24, 2.45) is 0 Å². The van der Waals surface area contributed by atoms with Crippen molar-refractivity contribution in [1.29, 1.82) is 0 Å². The molecule has 25 heavy (non-hydrogen) atoms. The Hall–Kier alpha value is 0.0300. The van der Waals surface area contributed by atoms with E-state index in [4.69, 9.17) is 15.9 Å². The lowest BCUT2D eigenvalue weighted by molar-refractivity contribution is 0.0764. The van der Waals surface area contributed by atoms with Crippen LogP contribution in [0.1, 0.15) is 20.7 Å². The first-order valence-corrected chi connectivity index (χ1v) is 10.3. The Morgan fingerprint density at radius 2 is 1.72 bits per heavy atom. The number of carbonyl (C=O) groups excluding carboxylic acids is 2. The Balaban J connectivity index is 3.36. The second kappa shape index (κ2) is 10.4. The Labute approximate surface area is 185 Å². The van der Waals surface area contributed by atoms with E-state index in [1.54, 1.807) is 7.05 Å². The highest BCUT2D eigenvalue weighted by Gasteiger charge is 2.28. The third-order valence-electron chi connectivity index (χ3n) is 3.28. The standard InChI is InChI=1S/C14H18I3N3O5/c1-20(2-3-21)14(25)8-9(15)7(10(16)12(18)11(8)17)13(24)19-4-6(23)5-22/h6,21-23H,2-5,18H2,1H3,(H,19,24). The Bertz CT molecular complexity index is 672. The van der Waals surface area contributed by atoms with E-state index in [1.165, 1.54) is 4.90 Å². The molecule has 0 heterocycles. The van der Waals surface area contributed by atoms with Gasteiger partial charge in [-0.1, -0.05) is 0 Å². The average Bonchev–Trinajstić information content (AvgIpc) is 2.57. The predicted octanol–water partition coefficient (Wildman–Crippen LogP) is 0.230. The molecular weight excluding hydrogens is 671 g/mol. The quantitative estimate of drug-likeness (QED) is 0.206. The summed E-state index contributed by atoms with van der Waals surface area (Å²) in [6.45, 7) is -0.622. The summed E-state index contributed by atoms with van der Waals surface area (Å²) in [5.74, 6) is -0.848. The SMILES string of the molecule is CN(CCO)C(=O)c1c(I)c(N)c(I)c(C(=O)NCC(O)CO)c1I. The number of amides is 2. The maximum absolute atomic E-state index is 12.7. The first-order valence-electron chi connectivity index (χ1n) is 7.06. The highest BCUT2D eigenvalue weighted by atomic mass is 127. The number of nitrogen functional groups attached to an aromatic ring is 1. The number of carbonyl (C=O) groups is 2. The van der Waals surface area contributed by atoms with Gasteiger partial charge in [0.25, 0.3) is 11.8 Å². The van der Waals surface area contributed by atoms with Gasteiger partial charge in [0.2, 0.25) is 0 Å². The number of likely N-dealkylation sites (N-methyl/N-ethyl adjacent to an activating group) is 1. The third-order valence-corrected chi connectivity index (χ3v) is 6.60. The molecule has 0 bridgehead atoms. The summed E-state index contributed by atoms with van der Waals surface area (Å²) in [6.07, 6.45) is -1.07. The number of aliphatic hydroxyl groups excluding tert-OH is 3. The maximum atomic E-state index is 12.7. The van der Waals surface area contributed by atoms with Crippen molar-refractivity contribution in [3.63, 3.8) is 0 Å². The van der Waals surface area contributed by atoms with Crippen molar-refractivity contribution in [2.45, 2.75) is 6.10 Å². The van der Waals surface area contributed by atoms with E-state index < -0.39 is 18.6 Å². The largest absolute Gasteiger partial charge is 0.397 e. The summed E-state index contributed by atoms with van der Waals surface area (Å²) in [5, 5.41) is 29.8. The third kappa shape index (κ3) is 5.50. The zero-order valence-electron chi connectivity index (χ0n) is 13.2. The van der Waals surface area contributed by atoms with Crippen LogP contribution in [0.25, 0.3) is 0 Å². The predicted molar refractivity (Wildman–Crippen MR) is 118 cm³/mol. The van der Waals surface area contributed by atoms with Crippen LogP contribution in [-0.2, 0) is 0 Å². The highest BCUT2D eigenvalue weighted by molar-refractivity contribution is 14.1. The molecule has 0 radical (unpaired) electrons. The van der Waals surface area contributed by atoms with Gasteiger partial charge in [-0.2, -0.15) is 0 Å². The van der Waals surface area contributed by atoms with Crippen LogP contribution in [0.2, 0.25) is 0 Å². The summed E-state index contributed by atoms with van der Waals surface area (Å²) in [7, 11) is 1.55. The van der Waals surface area contributed by atoms with Crippen molar-refractivity contribution in [3.05, 3.63) is 21.8 Å². The molecule has 0 saturated carbocycles. The number of halogens is 3. The topological polar surface area (TPSA) is 136 Å². The molecule has 2 amide bonds. The van der Waals surface area contributed by atoms with Crippen molar-refractivity contribution in [3.8, 4) is 0 Å². The molecule has 0 aromatic heterocycles. The number of benzene rings is 1. The Morgan fingerprint density at radius 3 is 2.24 bits per heavy atom. The first kappa shape index (κ1) is 23.1. The van der Waals surface area contributed by atoms with Gasteiger partial charge >= 0.3 is 0 Å². The van der Waals surface area contributed by atoms with Gasteiger partial charge in [0.15, 0.2) is 0 Å². The van der Waals surface area contributed by atoms with E-state index in [0.29, 0.717) is 22.0 Å². The molecule has 140 valence electrons. The summed E-state index contributed by atoms with van der Waals surface area (Å²) < 4.78 is 1.48. The van der Waals surface area contributed by atoms with E-state index in [2.05, 4.69) is 5.32 Å². The smallest absolute Gasteiger partial charge is 0.255 e. The fourth-order valence-electron chi connectivity index (χ4n) is 1.88. The number of hydrogen-bond acceptors (Lipinski definition) is 6. The van der Waals surface area contributed by atoms with Gasteiger partial charge in [0.1, 0.15) is 0 Å². The molecule has 1 aromatic carbocycles. The van der Waals surface area contributed by atoms with Crippen molar-refractivity contribution in [2.75, 3.05) is 39.1 Å². The van der Waals surface area contributed by atoms with Crippen LogP contribution in [0.5, 0.6) is 0 Å². The minimum atomic E-state index is -1.07. The van der Waals surface area contributed by atoms with Crippen molar-refractivity contribution in [1.82, 2.24) is 10.2 Å². The molecular formula is C14H18I3N3O5. The second-order valence-corrected chi connectivity index (χ2v) is 8.34. The Morgan fingerprint density at radius 1 is 1.16 bits per heavy atom. The lowest BCUT2D eigenvalue weighted by Gasteiger charge is -2.21. The molecule has 11 heteroatoms. The molecule has 0 fully saturated rings. The molecule has 0 aliphatic heterocycles. The first-order chi connectivity index (χ1) is 11.7. The second-order valence-electron chi connectivity index (χ2n) is 5.10. The number of nitrogens with zero attached hydrogens (tertiary/aromatic N) is 1. The van der Waals surface area contributed by atoms with Crippen molar-refractivity contribution >= 4 is 85.3 Å². The number of hydrogen-bond donors (Lipinski definition) is 5. The zero-order valence-corrected chi connectivity index (χ0v) is 19.7. The summed E-state index contributed by atoms with van der Waals surface area (Å²) in [6, 6.07) is 0. The minimum Gasteiger partial charge on any atom is -0.397 e. The number of nitrogens with one attached hydrogen (secondary N) is 1. The molecule has 6 N–H and O–H groups in total. The molecule has 0 aliphatic rings. The Kier molecular flexibility index (Phi) is 9.58. The monoisotopic (exact) mass is 689 g/mol. The number of anilines is 1. The van der Waals surface area contributed by atoms with E-state index in [1.807, 2.05) is 67.8 Å². The number of aliphatic hydroxyl groups is 3. The van der Waals surface area contributed by atoms with Gasteiger partial charge < -0.3 is 31.3 Å². The highest BCUT2D eigenvalue weighted by Crippen LogP contribution is 2.34. The molecule has 1 unspecified atom stereocenters. The lowest BCUT2D eigenvalue weighted by Crippen LogP contribution is -2.36. The normalized spacial score (nSPS) is 12.0.